The van der Waals surface area contributed by atoms with E-state index in [4.69, 9.17) is 9.47 Å². The summed E-state index contributed by atoms with van der Waals surface area (Å²) in [5, 5.41) is 9.22. The zero-order valence-electron chi connectivity index (χ0n) is 19.8. The Labute approximate surface area is 204 Å². The van der Waals surface area contributed by atoms with Crippen LogP contribution in [0.25, 0.3) is 11.1 Å². The zero-order chi connectivity index (χ0) is 24.8. The molecule has 1 fully saturated rings. The summed E-state index contributed by atoms with van der Waals surface area (Å²) in [6.45, 7) is 0.583. The van der Waals surface area contributed by atoms with Crippen LogP contribution >= 0.6 is 0 Å². The Hall–Kier alpha value is -4.18. The monoisotopic (exact) mass is 469 g/mol. The standard InChI is InChI=1S/C28H27N3O4/c1-34-26-13-12-23(18-30-26)21-8-10-22(11-9-21)27(32)31-14-4-7-25(31)24(28(33)35-2)16-19-5-3-6-20(15-19)17-29/h3,5-6,8-13,15,18,24-25H,4,7,14,16H2,1-2H3/t24-,25?/m1/s1. The Morgan fingerprint density at radius 2 is 1.89 bits per heavy atom. The average Bonchev–Trinajstić information content (AvgIpc) is 3.40. The molecular weight excluding hydrogens is 442 g/mol. The van der Waals surface area contributed by atoms with E-state index in [1.54, 1.807) is 54.6 Å². The first kappa shape index (κ1) is 24.0. The molecule has 0 bridgehead atoms. The minimum atomic E-state index is -0.509. The lowest BCUT2D eigenvalue weighted by molar-refractivity contribution is -0.147. The number of hydrogen-bond donors (Lipinski definition) is 0. The van der Waals surface area contributed by atoms with Crippen LogP contribution in [0.2, 0.25) is 0 Å². The van der Waals surface area contributed by atoms with Gasteiger partial charge in [-0.15, -0.1) is 0 Å². The SMILES string of the molecule is COC(=O)[C@H](Cc1cccc(C#N)c1)C1CCCN1C(=O)c1ccc(-c2ccc(OC)nc2)cc1. The van der Waals surface area contributed by atoms with Crippen LogP contribution in [-0.4, -0.2) is 48.6 Å². The molecule has 1 amide bonds. The number of methoxy groups -OCH3 is 2. The van der Waals surface area contributed by atoms with E-state index in [1.165, 1.54) is 7.11 Å². The van der Waals surface area contributed by atoms with Gasteiger partial charge in [-0.3, -0.25) is 9.59 Å². The molecule has 178 valence electrons. The fourth-order valence-electron chi connectivity index (χ4n) is 4.66. The highest BCUT2D eigenvalue weighted by atomic mass is 16.5. The summed E-state index contributed by atoms with van der Waals surface area (Å²) in [6.07, 6.45) is 3.67. The van der Waals surface area contributed by atoms with Crippen molar-refractivity contribution < 1.29 is 19.1 Å². The third kappa shape index (κ3) is 5.33. The van der Waals surface area contributed by atoms with Gasteiger partial charge in [-0.05, 0) is 60.7 Å². The minimum absolute atomic E-state index is 0.105. The summed E-state index contributed by atoms with van der Waals surface area (Å²) >= 11 is 0. The van der Waals surface area contributed by atoms with E-state index in [0.29, 0.717) is 30.0 Å². The molecule has 0 radical (unpaired) electrons. The summed E-state index contributed by atoms with van der Waals surface area (Å²) in [5.41, 5.74) is 3.85. The van der Waals surface area contributed by atoms with Crippen LogP contribution in [0.5, 0.6) is 5.88 Å². The predicted octanol–water partition coefficient (Wildman–Crippen LogP) is 4.27. The van der Waals surface area contributed by atoms with Crippen LogP contribution < -0.4 is 4.74 Å². The van der Waals surface area contributed by atoms with Crippen molar-refractivity contribution in [3.8, 4) is 23.1 Å². The number of ether oxygens (including phenoxy) is 2. The van der Waals surface area contributed by atoms with Crippen molar-refractivity contribution in [2.24, 2.45) is 5.92 Å². The van der Waals surface area contributed by atoms with Gasteiger partial charge in [0.2, 0.25) is 5.88 Å². The maximum Gasteiger partial charge on any atom is 0.311 e. The van der Waals surface area contributed by atoms with E-state index in [-0.39, 0.29) is 17.9 Å². The van der Waals surface area contributed by atoms with Crippen LogP contribution in [-0.2, 0) is 16.0 Å². The molecule has 0 spiro atoms. The van der Waals surface area contributed by atoms with Crippen molar-refractivity contribution in [2.75, 3.05) is 20.8 Å². The molecule has 7 nitrogen and oxygen atoms in total. The Morgan fingerprint density at radius 1 is 1.11 bits per heavy atom. The lowest BCUT2D eigenvalue weighted by Gasteiger charge is -2.30. The Morgan fingerprint density at radius 3 is 2.54 bits per heavy atom. The number of rotatable bonds is 7. The minimum Gasteiger partial charge on any atom is -0.481 e. The van der Waals surface area contributed by atoms with E-state index in [0.717, 1.165) is 29.5 Å². The maximum absolute atomic E-state index is 13.5. The number of esters is 1. The third-order valence-electron chi connectivity index (χ3n) is 6.45. The number of carbonyl (C=O) groups is 2. The van der Waals surface area contributed by atoms with Crippen molar-refractivity contribution in [1.29, 1.82) is 5.26 Å². The van der Waals surface area contributed by atoms with Gasteiger partial charge in [0.15, 0.2) is 0 Å². The number of amides is 1. The molecule has 2 heterocycles. The molecule has 4 rings (SSSR count). The number of likely N-dealkylation sites (tertiary alicyclic amines) is 1. The summed E-state index contributed by atoms with van der Waals surface area (Å²) < 4.78 is 10.2. The van der Waals surface area contributed by atoms with Gasteiger partial charge >= 0.3 is 5.97 Å². The highest BCUT2D eigenvalue weighted by Gasteiger charge is 2.39. The van der Waals surface area contributed by atoms with Crippen LogP contribution in [0.15, 0.2) is 66.9 Å². The molecule has 0 N–H and O–H groups in total. The number of nitrogens with zero attached hydrogens (tertiary/aromatic N) is 3. The van der Waals surface area contributed by atoms with Crippen molar-refractivity contribution in [1.82, 2.24) is 9.88 Å². The van der Waals surface area contributed by atoms with Gasteiger partial charge in [-0.25, -0.2) is 4.98 Å². The summed E-state index contributed by atoms with van der Waals surface area (Å²) in [7, 11) is 2.94. The topological polar surface area (TPSA) is 92.5 Å². The van der Waals surface area contributed by atoms with Crippen LogP contribution in [0.3, 0.4) is 0 Å². The molecule has 1 saturated heterocycles. The van der Waals surface area contributed by atoms with Crippen molar-refractivity contribution >= 4 is 11.9 Å². The second kappa shape index (κ2) is 10.8. The number of pyridine rings is 1. The maximum atomic E-state index is 13.5. The molecule has 0 saturated carbocycles. The van der Waals surface area contributed by atoms with E-state index in [2.05, 4.69) is 11.1 Å². The fraction of sp³-hybridized carbons (Fsp3) is 0.286. The molecule has 2 aromatic carbocycles. The van der Waals surface area contributed by atoms with Gasteiger partial charge in [0.05, 0.1) is 31.8 Å². The Balaban J connectivity index is 1.54. The van der Waals surface area contributed by atoms with E-state index in [9.17, 15) is 14.9 Å². The molecule has 1 aromatic heterocycles. The van der Waals surface area contributed by atoms with Gasteiger partial charge < -0.3 is 14.4 Å². The second-order valence-electron chi connectivity index (χ2n) is 8.52. The van der Waals surface area contributed by atoms with Crippen molar-refractivity contribution in [2.45, 2.75) is 25.3 Å². The molecule has 2 atom stereocenters. The van der Waals surface area contributed by atoms with Crippen LogP contribution in [0, 0.1) is 17.2 Å². The smallest absolute Gasteiger partial charge is 0.311 e. The zero-order valence-corrected chi connectivity index (χ0v) is 19.8. The average molecular weight is 470 g/mol. The van der Waals surface area contributed by atoms with Crippen molar-refractivity contribution in [3.05, 3.63) is 83.6 Å². The lowest BCUT2D eigenvalue weighted by Crippen LogP contribution is -2.44. The first-order valence-corrected chi connectivity index (χ1v) is 11.5. The third-order valence-corrected chi connectivity index (χ3v) is 6.45. The number of carbonyl (C=O) groups excluding carboxylic acids is 2. The Bertz CT molecular complexity index is 1230. The van der Waals surface area contributed by atoms with E-state index in [1.807, 2.05) is 24.3 Å². The summed E-state index contributed by atoms with van der Waals surface area (Å²) in [5.74, 6) is -0.420. The van der Waals surface area contributed by atoms with Gasteiger partial charge in [-0.1, -0.05) is 24.3 Å². The molecule has 1 unspecified atom stereocenters. The van der Waals surface area contributed by atoms with Gasteiger partial charge in [0.1, 0.15) is 0 Å². The van der Waals surface area contributed by atoms with Crippen LogP contribution in [0.1, 0.15) is 34.3 Å². The largest absolute Gasteiger partial charge is 0.481 e. The molecule has 1 aliphatic rings. The number of benzene rings is 2. The molecule has 35 heavy (non-hydrogen) atoms. The molecule has 0 aliphatic carbocycles. The van der Waals surface area contributed by atoms with Crippen LogP contribution in [0.4, 0.5) is 0 Å². The number of nitriles is 1. The molecular formula is C28H27N3O4. The second-order valence-corrected chi connectivity index (χ2v) is 8.52. The van der Waals surface area contributed by atoms with E-state index >= 15 is 0 Å². The van der Waals surface area contributed by atoms with Crippen molar-refractivity contribution in [3.63, 3.8) is 0 Å². The van der Waals surface area contributed by atoms with Gasteiger partial charge in [-0.2, -0.15) is 5.26 Å². The summed E-state index contributed by atoms with van der Waals surface area (Å²) in [4.78, 5) is 32.3. The normalized spacial score (nSPS) is 15.8. The quantitative estimate of drug-likeness (QED) is 0.480. The van der Waals surface area contributed by atoms with Gasteiger partial charge in [0.25, 0.3) is 5.91 Å². The molecule has 7 heteroatoms. The summed E-state index contributed by atoms with van der Waals surface area (Å²) in [6, 6.07) is 20.2. The number of aromatic nitrogens is 1. The fourth-order valence-corrected chi connectivity index (χ4v) is 4.66. The van der Waals surface area contributed by atoms with E-state index < -0.39 is 5.92 Å². The molecule has 1 aliphatic heterocycles. The molecule has 3 aromatic rings. The number of hydrogen-bond acceptors (Lipinski definition) is 6. The lowest BCUT2D eigenvalue weighted by atomic mass is 9.89. The Kier molecular flexibility index (Phi) is 7.41. The highest BCUT2D eigenvalue weighted by molar-refractivity contribution is 5.95. The van der Waals surface area contributed by atoms with Gasteiger partial charge in [0, 0.05) is 36.0 Å². The highest BCUT2D eigenvalue weighted by Crippen LogP contribution is 2.30. The first-order chi connectivity index (χ1) is 17.0. The predicted molar refractivity (Wildman–Crippen MR) is 131 cm³/mol. The first-order valence-electron chi connectivity index (χ1n) is 11.5.